The van der Waals surface area contributed by atoms with Crippen molar-refractivity contribution in [2.45, 2.75) is 50.7 Å². The highest BCUT2D eigenvalue weighted by Crippen LogP contribution is 2.44. The van der Waals surface area contributed by atoms with Gasteiger partial charge in [0.15, 0.2) is 0 Å². The van der Waals surface area contributed by atoms with Gasteiger partial charge in [-0.3, -0.25) is 9.69 Å². The SMILES string of the molecule is COc1ccc([C@H]2CCC[C@H]3[C@@H]4C[C@@H](CN(C(=O)[C@@H](C)N)C4)CN23)cc1. The van der Waals surface area contributed by atoms with E-state index in [1.54, 1.807) is 14.0 Å². The molecule has 5 atom stereocenters. The Bertz CT molecular complexity index is 645. The lowest BCUT2D eigenvalue weighted by atomic mass is 9.74. The molecule has 5 nitrogen and oxygen atoms in total. The Morgan fingerprint density at radius 3 is 2.65 bits per heavy atom. The Labute approximate surface area is 156 Å². The van der Waals surface area contributed by atoms with E-state index in [4.69, 9.17) is 10.5 Å². The van der Waals surface area contributed by atoms with E-state index in [-0.39, 0.29) is 11.9 Å². The Morgan fingerprint density at radius 1 is 1.19 bits per heavy atom. The third-order valence-electron chi connectivity index (χ3n) is 6.59. The number of rotatable bonds is 3. The van der Waals surface area contributed by atoms with Crippen LogP contribution < -0.4 is 10.5 Å². The molecule has 2 bridgehead atoms. The maximum Gasteiger partial charge on any atom is 0.239 e. The topological polar surface area (TPSA) is 58.8 Å². The molecule has 4 rings (SSSR count). The second-order valence-electron chi connectivity index (χ2n) is 8.38. The number of hydrogen-bond acceptors (Lipinski definition) is 4. The molecule has 3 fully saturated rings. The third-order valence-corrected chi connectivity index (χ3v) is 6.59. The van der Waals surface area contributed by atoms with E-state index in [1.807, 2.05) is 4.90 Å². The molecule has 0 spiro atoms. The van der Waals surface area contributed by atoms with Crippen LogP contribution in [0.3, 0.4) is 0 Å². The minimum atomic E-state index is -0.386. The summed E-state index contributed by atoms with van der Waals surface area (Å²) in [6.07, 6.45) is 5.01. The normalized spacial score (nSPS) is 32.7. The predicted molar refractivity (Wildman–Crippen MR) is 102 cm³/mol. The zero-order valence-corrected chi connectivity index (χ0v) is 15.9. The molecule has 0 unspecified atom stereocenters. The smallest absolute Gasteiger partial charge is 0.239 e. The van der Waals surface area contributed by atoms with Crippen LogP contribution >= 0.6 is 0 Å². The molecular weight excluding hydrogens is 326 g/mol. The van der Waals surface area contributed by atoms with Gasteiger partial charge in [0.1, 0.15) is 5.75 Å². The molecule has 0 aromatic heterocycles. The van der Waals surface area contributed by atoms with Crippen molar-refractivity contribution < 1.29 is 9.53 Å². The quantitative estimate of drug-likeness (QED) is 0.903. The maximum absolute atomic E-state index is 12.4. The van der Waals surface area contributed by atoms with E-state index in [0.29, 0.717) is 23.9 Å². The summed E-state index contributed by atoms with van der Waals surface area (Å²) in [5.41, 5.74) is 7.26. The standard InChI is InChI=1S/C21H31N3O2/c1-14(22)21(25)23-11-15-10-17(13-23)20-5-3-4-19(24(20)12-15)16-6-8-18(26-2)9-7-16/h6-9,14-15,17,19-20H,3-5,10-13,22H2,1-2H3/t14-,15+,17-,19-,20+/m1/s1. The lowest BCUT2D eigenvalue weighted by molar-refractivity contribution is -0.140. The van der Waals surface area contributed by atoms with E-state index in [0.717, 1.165) is 25.4 Å². The number of carbonyl (C=O) groups excluding carboxylic acids is 1. The average molecular weight is 357 g/mol. The monoisotopic (exact) mass is 357 g/mol. The Morgan fingerprint density at radius 2 is 1.96 bits per heavy atom. The van der Waals surface area contributed by atoms with Gasteiger partial charge in [0.25, 0.3) is 0 Å². The Hall–Kier alpha value is -1.59. The molecule has 3 aliphatic rings. The predicted octanol–water partition coefficient (Wildman–Crippen LogP) is 2.42. The number of benzene rings is 1. The Balaban J connectivity index is 1.53. The molecule has 0 saturated carbocycles. The van der Waals surface area contributed by atoms with Crippen LogP contribution in [0.25, 0.3) is 0 Å². The third kappa shape index (κ3) is 3.23. The molecule has 1 aromatic rings. The highest BCUT2D eigenvalue weighted by Gasteiger charge is 2.45. The number of methoxy groups -OCH3 is 1. The van der Waals surface area contributed by atoms with E-state index < -0.39 is 0 Å². The van der Waals surface area contributed by atoms with Crippen molar-refractivity contribution in [3.8, 4) is 5.75 Å². The van der Waals surface area contributed by atoms with Gasteiger partial charge in [0.2, 0.25) is 5.91 Å². The molecule has 1 amide bonds. The maximum atomic E-state index is 12.4. The van der Waals surface area contributed by atoms with Crippen molar-refractivity contribution in [3.05, 3.63) is 29.8 Å². The minimum absolute atomic E-state index is 0.121. The second kappa shape index (κ2) is 7.20. The number of fused-ring (bicyclic) bond motifs is 4. The fourth-order valence-electron chi connectivity index (χ4n) is 5.46. The largest absolute Gasteiger partial charge is 0.497 e. The van der Waals surface area contributed by atoms with Gasteiger partial charge in [-0.1, -0.05) is 12.1 Å². The lowest BCUT2D eigenvalue weighted by Gasteiger charge is -2.55. The van der Waals surface area contributed by atoms with Gasteiger partial charge in [0.05, 0.1) is 13.2 Å². The van der Waals surface area contributed by atoms with Crippen molar-refractivity contribution in [3.63, 3.8) is 0 Å². The number of amides is 1. The first-order valence-electron chi connectivity index (χ1n) is 10.0. The fourth-order valence-corrected chi connectivity index (χ4v) is 5.46. The average Bonchev–Trinajstić information content (AvgIpc) is 2.67. The van der Waals surface area contributed by atoms with Gasteiger partial charge in [-0.05, 0) is 62.1 Å². The number of piperidine rings is 3. The van der Waals surface area contributed by atoms with Gasteiger partial charge in [0, 0.05) is 31.7 Å². The molecule has 0 radical (unpaired) electrons. The van der Waals surface area contributed by atoms with Crippen molar-refractivity contribution in [2.24, 2.45) is 17.6 Å². The molecule has 3 heterocycles. The van der Waals surface area contributed by atoms with Crippen LogP contribution in [0, 0.1) is 11.8 Å². The van der Waals surface area contributed by atoms with Crippen LogP contribution in [0.2, 0.25) is 0 Å². The van der Waals surface area contributed by atoms with Crippen molar-refractivity contribution in [1.29, 1.82) is 0 Å². The first-order chi connectivity index (χ1) is 12.6. The summed E-state index contributed by atoms with van der Waals surface area (Å²) in [6, 6.07) is 9.31. The van der Waals surface area contributed by atoms with E-state index in [2.05, 4.69) is 29.2 Å². The summed E-state index contributed by atoms with van der Waals surface area (Å²) in [4.78, 5) is 17.2. The highest BCUT2D eigenvalue weighted by molar-refractivity contribution is 5.81. The van der Waals surface area contributed by atoms with Crippen LogP contribution in [0.15, 0.2) is 24.3 Å². The van der Waals surface area contributed by atoms with Gasteiger partial charge in [-0.15, -0.1) is 0 Å². The van der Waals surface area contributed by atoms with Gasteiger partial charge in [-0.2, -0.15) is 0 Å². The van der Waals surface area contributed by atoms with Crippen LogP contribution in [0.5, 0.6) is 5.75 Å². The van der Waals surface area contributed by atoms with Crippen LogP contribution in [0.1, 0.15) is 44.2 Å². The summed E-state index contributed by atoms with van der Waals surface area (Å²) >= 11 is 0. The summed E-state index contributed by atoms with van der Waals surface area (Å²) in [7, 11) is 1.71. The van der Waals surface area contributed by atoms with Crippen LogP contribution in [-0.2, 0) is 4.79 Å². The first kappa shape index (κ1) is 17.8. The molecule has 142 valence electrons. The van der Waals surface area contributed by atoms with E-state index in [1.165, 1.54) is 31.2 Å². The summed E-state index contributed by atoms with van der Waals surface area (Å²) in [5.74, 6) is 2.20. The molecule has 5 heteroatoms. The number of nitrogens with two attached hydrogens (primary N) is 1. The zero-order valence-electron chi connectivity index (χ0n) is 15.9. The summed E-state index contributed by atoms with van der Waals surface area (Å²) < 4.78 is 5.32. The van der Waals surface area contributed by atoms with Gasteiger partial charge < -0.3 is 15.4 Å². The number of nitrogens with zero attached hydrogens (tertiary/aromatic N) is 2. The lowest BCUT2D eigenvalue weighted by Crippen LogP contribution is -2.61. The molecule has 3 saturated heterocycles. The summed E-state index contributed by atoms with van der Waals surface area (Å²) in [5, 5.41) is 0. The number of carbonyl (C=O) groups is 1. The second-order valence-corrected chi connectivity index (χ2v) is 8.38. The molecule has 26 heavy (non-hydrogen) atoms. The molecular formula is C21H31N3O2. The van der Waals surface area contributed by atoms with Crippen molar-refractivity contribution in [2.75, 3.05) is 26.7 Å². The van der Waals surface area contributed by atoms with Gasteiger partial charge >= 0.3 is 0 Å². The number of hydrogen-bond donors (Lipinski definition) is 1. The first-order valence-corrected chi connectivity index (χ1v) is 10.0. The molecule has 3 aliphatic heterocycles. The van der Waals surface area contributed by atoms with Crippen molar-refractivity contribution in [1.82, 2.24) is 9.80 Å². The highest BCUT2D eigenvalue weighted by atomic mass is 16.5. The number of likely N-dealkylation sites (tertiary alicyclic amines) is 1. The van der Waals surface area contributed by atoms with E-state index >= 15 is 0 Å². The zero-order chi connectivity index (χ0) is 18.3. The van der Waals surface area contributed by atoms with Crippen molar-refractivity contribution >= 4 is 5.91 Å². The molecule has 0 aliphatic carbocycles. The fraction of sp³-hybridized carbons (Fsp3) is 0.667. The minimum Gasteiger partial charge on any atom is -0.497 e. The molecule has 1 aromatic carbocycles. The van der Waals surface area contributed by atoms with Gasteiger partial charge in [-0.25, -0.2) is 0 Å². The molecule has 2 N–H and O–H groups in total. The Kier molecular flexibility index (Phi) is 4.93. The van der Waals surface area contributed by atoms with E-state index in [9.17, 15) is 4.79 Å². The summed E-state index contributed by atoms with van der Waals surface area (Å²) in [6.45, 7) is 4.66. The van der Waals surface area contributed by atoms with Crippen LogP contribution in [0.4, 0.5) is 0 Å². The number of ether oxygens (including phenoxy) is 1. The van der Waals surface area contributed by atoms with Crippen LogP contribution in [-0.4, -0.2) is 54.5 Å².